The van der Waals surface area contributed by atoms with Crippen molar-refractivity contribution < 1.29 is 14.3 Å². The molecule has 0 aliphatic rings. The van der Waals surface area contributed by atoms with E-state index in [1.54, 1.807) is 12.1 Å². The predicted octanol–water partition coefficient (Wildman–Crippen LogP) is 4.76. The normalized spacial score (nSPS) is 10.3. The van der Waals surface area contributed by atoms with Gasteiger partial charge < -0.3 is 20.1 Å². The molecule has 0 bridgehead atoms. The Bertz CT molecular complexity index is 766. The summed E-state index contributed by atoms with van der Waals surface area (Å²) in [7, 11) is 3.02. The van der Waals surface area contributed by atoms with E-state index < -0.39 is 0 Å². The lowest BCUT2D eigenvalue weighted by Gasteiger charge is -2.14. The molecular weight excluding hydrogens is 363 g/mol. The lowest BCUT2D eigenvalue weighted by Crippen LogP contribution is -2.17. The van der Waals surface area contributed by atoms with Crippen molar-refractivity contribution in [2.45, 2.75) is 13.3 Å². The van der Waals surface area contributed by atoms with Crippen LogP contribution in [0.4, 0.5) is 11.4 Å². The van der Waals surface area contributed by atoms with E-state index in [0.717, 1.165) is 11.3 Å². The molecule has 134 valence electrons. The second kappa shape index (κ2) is 8.83. The number of rotatable bonds is 7. The molecule has 2 aromatic rings. The van der Waals surface area contributed by atoms with Crippen LogP contribution in [0, 0.1) is 6.92 Å². The largest absolute Gasteiger partial charge is 0.495 e. The maximum Gasteiger partial charge on any atom is 0.226 e. The molecule has 0 radical (unpaired) electrons. The van der Waals surface area contributed by atoms with Crippen LogP contribution in [0.3, 0.4) is 0 Å². The topological polar surface area (TPSA) is 59.6 Å². The van der Waals surface area contributed by atoms with Crippen LogP contribution in [0.1, 0.15) is 12.0 Å². The Morgan fingerprint density at radius 1 is 1.04 bits per heavy atom. The van der Waals surface area contributed by atoms with E-state index >= 15 is 0 Å². The van der Waals surface area contributed by atoms with Crippen LogP contribution >= 0.6 is 23.2 Å². The monoisotopic (exact) mass is 382 g/mol. The first-order chi connectivity index (χ1) is 11.9. The summed E-state index contributed by atoms with van der Waals surface area (Å²) in [5.41, 5.74) is 2.48. The molecule has 0 saturated heterocycles. The quantitative estimate of drug-likeness (QED) is 0.724. The van der Waals surface area contributed by atoms with Crippen LogP contribution in [-0.2, 0) is 4.79 Å². The highest BCUT2D eigenvalue weighted by atomic mass is 35.5. The average Bonchev–Trinajstić information content (AvgIpc) is 2.58. The minimum absolute atomic E-state index is 0.151. The van der Waals surface area contributed by atoms with Crippen LogP contribution in [0.2, 0.25) is 10.0 Å². The summed E-state index contributed by atoms with van der Waals surface area (Å²) < 4.78 is 10.4. The minimum Gasteiger partial charge on any atom is -0.495 e. The molecule has 0 atom stereocenters. The van der Waals surface area contributed by atoms with Gasteiger partial charge >= 0.3 is 0 Å². The Morgan fingerprint density at radius 3 is 2.40 bits per heavy atom. The Hall–Kier alpha value is -2.11. The SMILES string of the molecule is COc1cc(NC(=O)CCNc2ccc(Cl)cc2C)c(OC)cc1Cl. The van der Waals surface area contributed by atoms with Gasteiger partial charge in [-0.1, -0.05) is 23.2 Å². The van der Waals surface area contributed by atoms with Crippen LogP contribution in [0.5, 0.6) is 11.5 Å². The number of ether oxygens (including phenoxy) is 2. The number of amides is 1. The third-order valence-electron chi connectivity index (χ3n) is 3.60. The number of carbonyl (C=O) groups excluding carboxylic acids is 1. The zero-order valence-electron chi connectivity index (χ0n) is 14.3. The van der Waals surface area contributed by atoms with Gasteiger partial charge in [0.1, 0.15) is 11.5 Å². The summed E-state index contributed by atoms with van der Waals surface area (Å²) in [6.45, 7) is 2.44. The van der Waals surface area contributed by atoms with Gasteiger partial charge in [0.2, 0.25) is 5.91 Å². The van der Waals surface area contributed by atoms with Gasteiger partial charge in [-0.05, 0) is 30.7 Å². The first kappa shape index (κ1) is 19.2. The fourth-order valence-electron chi connectivity index (χ4n) is 2.31. The number of anilines is 2. The van der Waals surface area contributed by atoms with Gasteiger partial charge in [-0.15, -0.1) is 0 Å². The Labute approximate surface area is 157 Å². The molecule has 2 aromatic carbocycles. The number of methoxy groups -OCH3 is 2. The van der Waals surface area contributed by atoms with E-state index in [4.69, 9.17) is 32.7 Å². The highest BCUT2D eigenvalue weighted by molar-refractivity contribution is 6.32. The van der Waals surface area contributed by atoms with E-state index in [2.05, 4.69) is 10.6 Å². The van der Waals surface area contributed by atoms with E-state index in [1.165, 1.54) is 14.2 Å². The van der Waals surface area contributed by atoms with Crippen LogP contribution in [-0.4, -0.2) is 26.7 Å². The van der Waals surface area contributed by atoms with Crippen molar-refractivity contribution in [3.8, 4) is 11.5 Å². The molecule has 0 fully saturated rings. The lowest BCUT2D eigenvalue weighted by molar-refractivity contribution is -0.116. The van der Waals surface area contributed by atoms with Crippen molar-refractivity contribution in [2.24, 2.45) is 0 Å². The zero-order valence-corrected chi connectivity index (χ0v) is 15.8. The fourth-order valence-corrected chi connectivity index (χ4v) is 2.76. The number of aryl methyl sites for hydroxylation is 1. The van der Waals surface area contributed by atoms with Gasteiger partial charge in [0.05, 0.1) is 24.9 Å². The van der Waals surface area contributed by atoms with E-state index in [0.29, 0.717) is 33.8 Å². The van der Waals surface area contributed by atoms with Gasteiger partial charge in [-0.2, -0.15) is 0 Å². The number of hydrogen-bond donors (Lipinski definition) is 2. The summed E-state index contributed by atoms with van der Waals surface area (Å²) in [6.07, 6.45) is 0.288. The van der Waals surface area contributed by atoms with E-state index in [9.17, 15) is 4.79 Å². The number of halogens is 2. The summed E-state index contributed by atoms with van der Waals surface area (Å²) >= 11 is 12.0. The van der Waals surface area contributed by atoms with Crippen molar-refractivity contribution in [1.29, 1.82) is 0 Å². The first-order valence-corrected chi connectivity index (χ1v) is 8.41. The molecule has 0 spiro atoms. The molecule has 1 amide bonds. The summed E-state index contributed by atoms with van der Waals surface area (Å²) in [6, 6.07) is 8.81. The summed E-state index contributed by atoms with van der Waals surface area (Å²) in [5, 5.41) is 7.13. The summed E-state index contributed by atoms with van der Waals surface area (Å²) in [5.74, 6) is 0.787. The van der Waals surface area contributed by atoms with Crippen molar-refractivity contribution >= 4 is 40.5 Å². The molecule has 0 aromatic heterocycles. The van der Waals surface area contributed by atoms with Crippen LogP contribution in [0.15, 0.2) is 30.3 Å². The minimum atomic E-state index is -0.151. The fraction of sp³-hybridized carbons (Fsp3) is 0.278. The molecule has 5 nitrogen and oxygen atoms in total. The van der Waals surface area contributed by atoms with E-state index in [-0.39, 0.29) is 12.3 Å². The highest BCUT2D eigenvalue weighted by Crippen LogP contribution is 2.35. The Kier molecular flexibility index (Phi) is 6.79. The second-order valence-electron chi connectivity index (χ2n) is 5.37. The molecule has 0 aliphatic heterocycles. The summed E-state index contributed by atoms with van der Waals surface area (Å²) in [4.78, 5) is 12.2. The number of nitrogens with one attached hydrogen (secondary N) is 2. The molecule has 7 heteroatoms. The number of benzene rings is 2. The maximum atomic E-state index is 12.2. The van der Waals surface area contributed by atoms with Crippen molar-refractivity contribution in [2.75, 3.05) is 31.4 Å². The van der Waals surface area contributed by atoms with E-state index in [1.807, 2.05) is 25.1 Å². The van der Waals surface area contributed by atoms with Gasteiger partial charge in [-0.3, -0.25) is 4.79 Å². The van der Waals surface area contributed by atoms with Gasteiger partial charge in [0.15, 0.2) is 0 Å². The van der Waals surface area contributed by atoms with Gasteiger partial charge in [0, 0.05) is 35.8 Å². The zero-order chi connectivity index (χ0) is 18.4. The first-order valence-electron chi connectivity index (χ1n) is 7.66. The van der Waals surface area contributed by atoms with Crippen molar-refractivity contribution in [1.82, 2.24) is 0 Å². The number of carbonyl (C=O) groups is 1. The molecule has 0 heterocycles. The predicted molar refractivity (Wildman–Crippen MR) is 102 cm³/mol. The molecule has 0 saturated carbocycles. The highest BCUT2D eigenvalue weighted by Gasteiger charge is 2.12. The Balaban J connectivity index is 1.96. The Morgan fingerprint density at radius 2 is 1.76 bits per heavy atom. The molecule has 0 unspecified atom stereocenters. The molecular formula is C18H20Cl2N2O3. The third-order valence-corrected chi connectivity index (χ3v) is 4.13. The standard InChI is InChI=1S/C18H20Cl2N2O3/c1-11-8-12(19)4-5-14(11)21-7-6-18(23)22-15-10-16(24-2)13(20)9-17(15)25-3/h4-5,8-10,21H,6-7H2,1-3H3,(H,22,23). The van der Waals surface area contributed by atoms with Crippen LogP contribution < -0.4 is 20.1 Å². The molecule has 2 rings (SSSR count). The van der Waals surface area contributed by atoms with Gasteiger partial charge in [-0.25, -0.2) is 0 Å². The van der Waals surface area contributed by atoms with Crippen LogP contribution in [0.25, 0.3) is 0 Å². The average molecular weight is 383 g/mol. The molecule has 0 aliphatic carbocycles. The third kappa shape index (κ3) is 5.18. The number of hydrogen-bond acceptors (Lipinski definition) is 4. The molecule has 2 N–H and O–H groups in total. The molecule has 25 heavy (non-hydrogen) atoms. The van der Waals surface area contributed by atoms with Crippen molar-refractivity contribution in [3.05, 3.63) is 45.9 Å². The second-order valence-corrected chi connectivity index (χ2v) is 6.21. The van der Waals surface area contributed by atoms with Crippen molar-refractivity contribution in [3.63, 3.8) is 0 Å². The van der Waals surface area contributed by atoms with Gasteiger partial charge in [0.25, 0.3) is 0 Å². The smallest absolute Gasteiger partial charge is 0.226 e. The maximum absolute atomic E-state index is 12.2. The lowest BCUT2D eigenvalue weighted by atomic mass is 10.2.